The molecule has 18 heavy (non-hydrogen) atoms. The first-order valence-corrected chi connectivity index (χ1v) is 7.10. The molecule has 0 bridgehead atoms. The lowest BCUT2D eigenvalue weighted by molar-refractivity contribution is 0.231. The maximum Gasteiger partial charge on any atom is 0.0244 e. The summed E-state index contributed by atoms with van der Waals surface area (Å²) >= 11 is 0. The molecule has 1 aromatic rings. The topological polar surface area (TPSA) is 29.3 Å². The van der Waals surface area contributed by atoms with Crippen LogP contribution in [-0.2, 0) is 6.42 Å². The van der Waals surface area contributed by atoms with Crippen molar-refractivity contribution in [3.63, 3.8) is 0 Å². The molecule has 0 amide bonds. The molecule has 0 saturated heterocycles. The minimum absolute atomic E-state index is 0.384. The molecule has 0 aromatic heterocycles. The number of benzene rings is 1. The molecular formula is C16H26N2. The van der Waals surface area contributed by atoms with Crippen LogP contribution < -0.4 is 5.73 Å². The van der Waals surface area contributed by atoms with Gasteiger partial charge in [-0.2, -0.15) is 0 Å². The van der Waals surface area contributed by atoms with Crippen LogP contribution in [-0.4, -0.2) is 30.6 Å². The smallest absolute Gasteiger partial charge is 0.0244 e. The molecule has 0 heterocycles. The highest BCUT2D eigenvalue weighted by atomic mass is 15.1. The summed E-state index contributed by atoms with van der Waals surface area (Å²) in [5.74, 6) is 0. The van der Waals surface area contributed by atoms with Gasteiger partial charge in [-0.15, -0.1) is 0 Å². The van der Waals surface area contributed by atoms with Crippen molar-refractivity contribution in [2.45, 2.75) is 51.6 Å². The number of hydrogen-bond acceptors (Lipinski definition) is 2. The Morgan fingerprint density at radius 1 is 1.22 bits per heavy atom. The fourth-order valence-electron chi connectivity index (χ4n) is 2.95. The Balaban J connectivity index is 1.88. The number of likely N-dealkylation sites (N-methyl/N-ethyl adjacent to an activating group) is 1. The van der Waals surface area contributed by atoms with Crippen molar-refractivity contribution in [3.05, 3.63) is 34.9 Å². The van der Waals surface area contributed by atoms with E-state index in [1.165, 1.54) is 36.0 Å². The van der Waals surface area contributed by atoms with Crippen LogP contribution in [0, 0.1) is 13.8 Å². The molecule has 0 radical (unpaired) electrons. The van der Waals surface area contributed by atoms with E-state index < -0.39 is 0 Å². The van der Waals surface area contributed by atoms with Crippen LogP contribution in [0.15, 0.2) is 18.2 Å². The third kappa shape index (κ3) is 3.12. The Bertz CT molecular complexity index is 400. The van der Waals surface area contributed by atoms with Crippen molar-refractivity contribution < 1.29 is 0 Å². The van der Waals surface area contributed by atoms with Crippen molar-refractivity contribution in [2.75, 3.05) is 13.6 Å². The summed E-state index contributed by atoms with van der Waals surface area (Å²) in [4.78, 5) is 2.45. The third-order valence-corrected chi connectivity index (χ3v) is 4.42. The maximum absolute atomic E-state index is 6.15. The molecule has 1 aromatic carbocycles. The molecule has 1 saturated carbocycles. The Kier molecular flexibility index (Phi) is 4.41. The molecule has 0 spiro atoms. The van der Waals surface area contributed by atoms with Gasteiger partial charge in [-0.3, -0.25) is 0 Å². The number of nitrogens with two attached hydrogens (primary N) is 1. The minimum atomic E-state index is 0.384. The third-order valence-electron chi connectivity index (χ3n) is 4.42. The van der Waals surface area contributed by atoms with Crippen molar-refractivity contribution in [3.8, 4) is 0 Å². The lowest BCUT2D eigenvalue weighted by atomic mass is 10.0. The van der Waals surface area contributed by atoms with Gasteiger partial charge >= 0.3 is 0 Å². The first kappa shape index (κ1) is 13.6. The second kappa shape index (κ2) is 5.85. The zero-order chi connectivity index (χ0) is 13.1. The average Bonchev–Trinajstić information content (AvgIpc) is 2.77. The Morgan fingerprint density at radius 3 is 2.61 bits per heavy atom. The summed E-state index contributed by atoms with van der Waals surface area (Å²) < 4.78 is 0. The van der Waals surface area contributed by atoms with E-state index in [-0.39, 0.29) is 0 Å². The Labute approximate surface area is 111 Å². The molecule has 2 rings (SSSR count). The highest BCUT2D eigenvalue weighted by Crippen LogP contribution is 2.22. The zero-order valence-corrected chi connectivity index (χ0v) is 11.9. The van der Waals surface area contributed by atoms with Gasteiger partial charge in [-0.1, -0.05) is 24.6 Å². The van der Waals surface area contributed by atoms with Gasteiger partial charge in [-0.05, 0) is 56.8 Å². The maximum atomic E-state index is 6.15. The monoisotopic (exact) mass is 246 g/mol. The van der Waals surface area contributed by atoms with Gasteiger partial charge in [0.2, 0.25) is 0 Å². The van der Waals surface area contributed by atoms with E-state index in [4.69, 9.17) is 5.73 Å². The number of rotatable bonds is 4. The van der Waals surface area contributed by atoms with Crippen molar-refractivity contribution in [1.29, 1.82) is 0 Å². The average molecular weight is 246 g/mol. The quantitative estimate of drug-likeness (QED) is 0.885. The summed E-state index contributed by atoms with van der Waals surface area (Å²) in [6.45, 7) is 5.47. The second-order valence-corrected chi connectivity index (χ2v) is 5.81. The molecule has 1 aliphatic rings. The summed E-state index contributed by atoms with van der Waals surface area (Å²) in [7, 11) is 2.22. The molecule has 2 heteroatoms. The molecular weight excluding hydrogens is 220 g/mol. The van der Waals surface area contributed by atoms with Gasteiger partial charge in [0.05, 0.1) is 0 Å². The van der Waals surface area contributed by atoms with E-state index in [1.54, 1.807) is 0 Å². The molecule has 2 nitrogen and oxygen atoms in total. The van der Waals surface area contributed by atoms with Gasteiger partial charge in [0.15, 0.2) is 0 Å². The van der Waals surface area contributed by atoms with Crippen LogP contribution in [0.4, 0.5) is 0 Å². The van der Waals surface area contributed by atoms with Crippen LogP contribution in [0.2, 0.25) is 0 Å². The van der Waals surface area contributed by atoms with E-state index in [0.29, 0.717) is 12.1 Å². The van der Waals surface area contributed by atoms with Crippen LogP contribution in [0.25, 0.3) is 0 Å². The lowest BCUT2D eigenvalue weighted by Crippen LogP contribution is -2.43. The zero-order valence-electron chi connectivity index (χ0n) is 11.9. The number of aryl methyl sites for hydroxylation is 2. The summed E-state index contributed by atoms with van der Waals surface area (Å²) in [5, 5.41) is 0. The standard InChI is InChI=1S/C16H26N2/c1-12-7-8-14(11-13(12)2)9-10-18(3)16-6-4-5-15(16)17/h7-8,11,15-16H,4-6,9-10,17H2,1-3H3. The molecule has 2 atom stereocenters. The highest BCUT2D eigenvalue weighted by Gasteiger charge is 2.26. The number of nitrogens with zero attached hydrogens (tertiary/aromatic N) is 1. The molecule has 2 unspecified atom stereocenters. The SMILES string of the molecule is Cc1ccc(CCN(C)C2CCCC2N)cc1C. The first-order valence-electron chi connectivity index (χ1n) is 7.10. The predicted octanol–water partition coefficient (Wildman–Crippen LogP) is 2.66. The summed E-state index contributed by atoms with van der Waals surface area (Å²) in [5.41, 5.74) is 10.4. The molecule has 0 aliphatic heterocycles. The fourth-order valence-corrected chi connectivity index (χ4v) is 2.95. The summed E-state index contributed by atoms with van der Waals surface area (Å²) in [6, 6.07) is 7.78. The second-order valence-electron chi connectivity index (χ2n) is 5.81. The van der Waals surface area contributed by atoms with Crippen LogP contribution in [0.1, 0.15) is 36.0 Å². The van der Waals surface area contributed by atoms with E-state index in [1.807, 2.05) is 0 Å². The molecule has 1 aliphatic carbocycles. The normalized spacial score (nSPS) is 23.8. The van der Waals surface area contributed by atoms with Crippen molar-refractivity contribution in [1.82, 2.24) is 4.90 Å². The Morgan fingerprint density at radius 2 is 2.00 bits per heavy atom. The van der Waals surface area contributed by atoms with Gasteiger partial charge in [0.25, 0.3) is 0 Å². The molecule has 2 N–H and O–H groups in total. The highest BCUT2D eigenvalue weighted by molar-refractivity contribution is 5.30. The molecule has 1 fully saturated rings. The van der Waals surface area contributed by atoms with Gasteiger partial charge in [0, 0.05) is 18.6 Å². The molecule has 100 valence electrons. The number of hydrogen-bond donors (Lipinski definition) is 1. The van der Waals surface area contributed by atoms with E-state index in [0.717, 1.165) is 13.0 Å². The fraction of sp³-hybridized carbons (Fsp3) is 0.625. The van der Waals surface area contributed by atoms with Gasteiger partial charge in [0.1, 0.15) is 0 Å². The van der Waals surface area contributed by atoms with Crippen LogP contribution >= 0.6 is 0 Å². The van der Waals surface area contributed by atoms with Gasteiger partial charge in [-0.25, -0.2) is 0 Å². The minimum Gasteiger partial charge on any atom is -0.326 e. The van der Waals surface area contributed by atoms with E-state index >= 15 is 0 Å². The predicted molar refractivity (Wildman–Crippen MR) is 77.9 cm³/mol. The largest absolute Gasteiger partial charge is 0.326 e. The van der Waals surface area contributed by atoms with E-state index in [2.05, 4.69) is 44.0 Å². The van der Waals surface area contributed by atoms with Gasteiger partial charge < -0.3 is 10.6 Å². The Hall–Kier alpha value is -0.860. The summed E-state index contributed by atoms with van der Waals surface area (Å²) in [6.07, 6.45) is 4.88. The van der Waals surface area contributed by atoms with Crippen molar-refractivity contribution >= 4 is 0 Å². The lowest BCUT2D eigenvalue weighted by Gasteiger charge is -2.27. The van der Waals surface area contributed by atoms with Crippen molar-refractivity contribution in [2.24, 2.45) is 5.73 Å². The van der Waals surface area contributed by atoms with Crippen LogP contribution in [0.5, 0.6) is 0 Å². The van der Waals surface area contributed by atoms with Crippen LogP contribution in [0.3, 0.4) is 0 Å². The first-order chi connectivity index (χ1) is 8.58. The van der Waals surface area contributed by atoms with E-state index in [9.17, 15) is 0 Å².